The van der Waals surface area contributed by atoms with Crippen LogP contribution in [0.5, 0.6) is 0 Å². The fourth-order valence-electron chi connectivity index (χ4n) is 2.21. The van der Waals surface area contributed by atoms with Crippen LogP contribution in [0, 0.1) is 11.3 Å². The van der Waals surface area contributed by atoms with E-state index in [1.165, 1.54) is 0 Å². The molecule has 0 spiro atoms. The Morgan fingerprint density at radius 1 is 1.39 bits per heavy atom. The number of hydrogen-bond donors (Lipinski definition) is 3. The number of carbonyl (C=O) groups is 2. The molecule has 23 heavy (non-hydrogen) atoms. The van der Waals surface area contributed by atoms with Gasteiger partial charge in [0.05, 0.1) is 17.2 Å². The quantitative estimate of drug-likeness (QED) is 0.792. The first kappa shape index (κ1) is 17.1. The molecule has 2 unspecified atom stereocenters. The molecular formula is C17H23N3O3. The standard InChI is InChI=1S/C17H23N3O3/c1-10-9-14(22)19-20-15(10)12-5-7-13(8-6-12)18-16(23)17(3,4)11(2)21/h5-8,10-11,21H,9H2,1-4H3,(H,18,23)(H,19,22). The highest BCUT2D eigenvalue weighted by Gasteiger charge is 2.32. The van der Waals surface area contributed by atoms with E-state index in [-0.39, 0.29) is 17.7 Å². The van der Waals surface area contributed by atoms with Gasteiger partial charge in [-0.05, 0) is 38.5 Å². The minimum Gasteiger partial charge on any atom is -0.392 e. The van der Waals surface area contributed by atoms with Gasteiger partial charge >= 0.3 is 0 Å². The lowest BCUT2D eigenvalue weighted by Crippen LogP contribution is -2.39. The second-order valence-electron chi connectivity index (χ2n) is 6.57. The maximum atomic E-state index is 12.2. The predicted molar refractivity (Wildman–Crippen MR) is 89.0 cm³/mol. The molecule has 1 aromatic carbocycles. The molecule has 0 radical (unpaired) electrons. The number of hydrazone groups is 1. The summed E-state index contributed by atoms with van der Waals surface area (Å²) in [5.74, 6) is -0.264. The minimum absolute atomic E-state index is 0.0540. The third-order valence-corrected chi connectivity index (χ3v) is 4.33. The van der Waals surface area contributed by atoms with Gasteiger partial charge in [-0.25, -0.2) is 5.43 Å². The first-order valence-corrected chi connectivity index (χ1v) is 7.68. The Balaban J connectivity index is 2.11. The first-order valence-electron chi connectivity index (χ1n) is 7.68. The molecule has 1 heterocycles. The van der Waals surface area contributed by atoms with Crippen molar-refractivity contribution in [2.75, 3.05) is 5.32 Å². The Kier molecular flexibility index (Phi) is 4.85. The van der Waals surface area contributed by atoms with Crippen LogP contribution in [0.1, 0.15) is 39.7 Å². The van der Waals surface area contributed by atoms with E-state index >= 15 is 0 Å². The molecule has 0 aromatic heterocycles. The molecule has 6 nitrogen and oxygen atoms in total. The normalized spacial score (nSPS) is 19.6. The van der Waals surface area contributed by atoms with Crippen LogP contribution in [0.15, 0.2) is 29.4 Å². The van der Waals surface area contributed by atoms with Crippen molar-refractivity contribution in [1.82, 2.24) is 5.43 Å². The van der Waals surface area contributed by atoms with Gasteiger partial charge in [-0.2, -0.15) is 5.10 Å². The Hall–Kier alpha value is -2.21. The summed E-state index contributed by atoms with van der Waals surface area (Å²) in [5.41, 5.74) is 4.01. The number of aliphatic hydroxyl groups excluding tert-OH is 1. The van der Waals surface area contributed by atoms with Crippen molar-refractivity contribution < 1.29 is 14.7 Å². The average Bonchev–Trinajstić information content (AvgIpc) is 2.48. The summed E-state index contributed by atoms with van der Waals surface area (Å²) in [6, 6.07) is 7.30. The van der Waals surface area contributed by atoms with E-state index in [4.69, 9.17) is 0 Å². The predicted octanol–water partition coefficient (Wildman–Crippen LogP) is 1.89. The van der Waals surface area contributed by atoms with Crippen LogP contribution in [0.2, 0.25) is 0 Å². The molecule has 1 aliphatic heterocycles. The summed E-state index contributed by atoms with van der Waals surface area (Å²) in [5, 5.41) is 16.6. The zero-order chi connectivity index (χ0) is 17.2. The average molecular weight is 317 g/mol. The molecule has 0 fully saturated rings. The smallest absolute Gasteiger partial charge is 0.240 e. The van der Waals surface area contributed by atoms with Gasteiger partial charge in [0.2, 0.25) is 11.8 Å². The fourth-order valence-corrected chi connectivity index (χ4v) is 2.21. The van der Waals surface area contributed by atoms with Crippen LogP contribution in [0.4, 0.5) is 5.69 Å². The number of aliphatic hydroxyl groups is 1. The topological polar surface area (TPSA) is 90.8 Å². The monoisotopic (exact) mass is 317 g/mol. The Bertz CT molecular complexity index is 633. The molecule has 2 atom stereocenters. The summed E-state index contributed by atoms with van der Waals surface area (Å²) in [6.07, 6.45) is -0.331. The maximum absolute atomic E-state index is 12.2. The van der Waals surface area contributed by atoms with Gasteiger partial charge < -0.3 is 10.4 Å². The summed E-state index contributed by atoms with van der Waals surface area (Å²) in [4.78, 5) is 23.5. The first-order chi connectivity index (χ1) is 10.7. The zero-order valence-electron chi connectivity index (χ0n) is 13.9. The van der Waals surface area contributed by atoms with Gasteiger partial charge in [-0.3, -0.25) is 9.59 Å². The highest BCUT2D eigenvalue weighted by molar-refractivity contribution is 6.06. The minimum atomic E-state index is -0.870. The Labute approximate surface area is 136 Å². The third-order valence-electron chi connectivity index (χ3n) is 4.33. The van der Waals surface area contributed by atoms with Crippen molar-refractivity contribution in [2.24, 2.45) is 16.4 Å². The molecule has 2 amide bonds. The molecule has 6 heteroatoms. The number of anilines is 1. The van der Waals surface area contributed by atoms with E-state index in [1.54, 1.807) is 32.9 Å². The molecule has 124 valence electrons. The lowest BCUT2D eigenvalue weighted by molar-refractivity contribution is -0.129. The number of rotatable bonds is 4. The maximum Gasteiger partial charge on any atom is 0.240 e. The molecule has 0 saturated heterocycles. The van der Waals surface area contributed by atoms with E-state index in [0.29, 0.717) is 12.1 Å². The van der Waals surface area contributed by atoms with Crippen LogP contribution < -0.4 is 10.7 Å². The molecular weight excluding hydrogens is 294 g/mol. The molecule has 1 aromatic rings. The van der Waals surface area contributed by atoms with Crippen molar-refractivity contribution in [3.8, 4) is 0 Å². The van der Waals surface area contributed by atoms with E-state index in [1.807, 2.05) is 19.1 Å². The van der Waals surface area contributed by atoms with E-state index in [9.17, 15) is 14.7 Å². The van der Waals surface area contributed by atoms with Crippen molar-refractivity contribution in [1.29, 1.82) is 0 Å². The summed E-state index contributed by atoms with van der Waals surface area (Å²) in [6.45, 7) is 6.95. The van der Waals surface area contributed by atoms with E-state index in [2.05, 4.69) is 15.8 Å². The number of nitrogens with zero attached hydrogens (tertiary/aromatic N) is 1. The zero-order valence-corrected chi connectivity index (χ0v) is 13.9. The number of carbonyl (C=O) groups excluding carboxylic acids is 2. The van der Waals surface area contributed by atoms with E-state index in [0.717, 1.165) is 11.3 Å². The SMILES string of the molecule is CC1CC(=O)NN=C1c1ccc(NC(=O)C(C)(C)C(C)O)cc1. The second kappa shape index (κ2) is 6.50. The number of amides is 2. The van der Waals surface area contributed by atoms with Crippen LogP contribution in [0.25, 0.3) is 0 Å². The molecule has 2 rings (SSSR count). The van der Waals surface area contributed by atoms with Crippen LogP contribution >= 0.6 is 0 Å². The molecule has 1 aliphatic rings. The van der Waals surface area contributed by atoms with Crippen molar-refractivity contribution >= 4 is 23.2 Å². The van der Waals surface area contributed by atoms with Gasteiger partial charge in [-0.15, -0.1) is 0 Å². The number of nitrogens with one attached hydrogen (secondary N) is 2. The largest absolute Gasteiger partial charge is 0.392 e. The second-order valence-corrected chi connectivity index (χ2v) is 6.57. The third kappa shape index (κ3) is 3.76. The Morgan fingerprint density at radius 2 is 2.00 bits per heavy atom. The highest BCUT2D eigenvalue weighted by atomic mass is 16.3. The summed E-state index contributed by atoms with van der Waals surface area (Å²) < 4.78 is 0. The van der Waals surface area contributed by atoms with Crippen LogP contribution in [0.3, 0.4) is 0 Å². The van der Waals surface area contributed by atoms with Crippen molar-refractivity contribution in [3.63, 3.8) is 0 Å². The van der Waals surface area contributed by atoms with Gasteiger partial charge in [0, 0.05) is 18.0 Å². The van der Waals surface area contributed by atoms with Crippen LogP contribution in [-0.4, -0.2) is 28.7 Å². The van der Waals surface area contributed by atoms with Crippen molar-refractivity contribution in [3.05, 3.63) is 29.8 Å². The fraction of sp³-hybridized carbons (Fsp3) is 0.471. The molecule has 3 N–H and O–H groups in total. The lowest BCUT2D eigenvalue weighted by Gasteiger charge is -2.26. The van der Waals surface area contributed by atoms with E-state index < -0.39 is 11.5 Å². The molecule has 0 bridgehead atoms. The van der Waals surface area contributed by atoms with Crippen molar-refractivity contribution in [2.45, 2.75) is 40.2 Å². The Morgan fingerprint density at radius 3 is 2.52 bits per heavy atom. The number of benzene rings is 1. The van der Waals surface area contributed by atoms with Gasteiger partial charge in [0.15, 0.2) is 0 Å². The summed E-state index contributed by atoms with van der Waals surface area (Å²) >= 11 is 0. The molecule has 0 saturated carbocycles. The number of hydrogen-bond acceptors (Lipinski definition) is 4. The van der Waals surface area contributed by atoms with Gasteiger partial charge in [0.25, 0.3) is 0 Å². The van der Waals surface area contributed by atoms with Gasteiger partial charge in [0.1, 0.15) is 0 Å². The lowest BCUT2D eigenvalue weighted by atomic mass is 9.86. The van der Waals surface area contributed by atoms with Gasteiger partial charge in [-0.1, -0.05) is 19.1 Å². The van der Waals surface area contributed by atoms with Crippen LogP contribution in [-0.2, 0) is 9.59 Å². The molecule has 0 aliphatic carbocycles. The highest BCUT2D eigenvalue weighted by Crippen LogP contribution is 2.24. The summed E-state index contributed by atoms with van der Waals surface area (Å²) in [7, 11) is 0.